The van der Waals surface area contributed by atoms with Gasteiger partial charge in [0.1, 0.15) is 5.69 Å². The van der Waals surface area contributed by atoms with Gasteiger partial charge in [-0.3, -0.25) is 14.3 Å². The number of ether oxygens (including phenoxy) is 1. The van der Waals surface area contributed by atoms with E-state index in [1.807, 2.05) is 19.1 Å². The summed E-state index contributed by atoms with van der Waals surface area (Å²) < 4.78 is 6.97. The summed E-state index contributed by atoms with van der Waals surface area (Å²) in [7, 11) is 1.54. The van der Waals surface area contributed by atoms with Crippen molar-refractivity contribution in [3.63, 3.8) is 0 Å². The molecule has 2 amide bonds. The van der Waals surface area contributed by atoms with Crippen molar-refractivity contribution in [2.75, 3.05) is 20.3 Å². The van der Waals surface area contributed by atoms with E-state index in [4.69, 9.17) is 16.3 Å². The van der Waals surface area contributed by atoms with E-state index in [1.165, 1.54) is 13.1 Å². The lowest BCUT2D eigenvalue weighted by molar-refractivity contribution is 0.0915. The molecule has 2 heterocycles. The van der Waals surface area contributed by atoms with Crippen LogP contribution in [0.25, 0.3) is 0 Å². The van der Waals surface area contributed by atoms with Crippen molar-refractivity contribution in [2.45, 2.75) is 19.0 Å². The minimum atomic E-state index is -0.331. The SMILES string of the molecule is CNC(=O)c1cc(C(=O)NC2C3COCC32)n(C(C)c2ccc(Cl)cc2)n1. The van der Waals surface area contributed by atoms with Gasteiger partial charge >= 0.3 is 0 Å². The van der Waals surface area contributed by atoms with Crippen LogP contribution < -0.4 is 10.6 Å². The van der Waals surface area contributed by atoms with Crippen molar-refractivity contribution in [3.8, 4) is 0 Å². The molecule has 1 saturated carbocycles. The number of rotatable bonds is 5. The second-order valence-electron chi connectivity index (χ2n) is 7.03. The monoisotopic (exact) mass is 388 g/mol. The summed E-state index contributed by atoms with van der Waals surface area (Å²) in [6, 6.07) is 8.81. The van der Waals surface area contributed by atoms with Gasteiger partial charge in [0.05, 0.1) is 19.3 Å². The molecule has 27 heavy (non-hydrogen) atoms. The van der Waals surface area contributed by atoms with Gasteiger partial charge in [-0.05, 0) is 24.6 Å². The standard InChI is InChI=1S/C19H21ClN4O3/c1-10(11-3-5-12(20)6-4-11)24-16(7-15(23-24)18(25)21-2)19(26)22-17-13-8-27-9-14(13)17/h3-7,10,13-14,17H,8-9H2,1-2H3,(H,21,25)(H,22,26). The maximum atomic E-state index is 12.9. The van der Waals surface area contributed by atoms with Crippen LogP contribution in [-0.4, -0.2) is 47.9 Å². The largest absolute Gasteiger partial charge is 0.381 e. The van der Waals surface area contributed by atoms with E-state index in [2.05, 4.69) is 15.7 Å². The number of carbonyl (C=O) groups excluding carboxylic acids is 2. The van der Waals surface area contributed by atoms with E-state index >= 15 is 0 Å². The first-order chi connectivity index (χ1) is 13.0. The second-order valence-corrected chi connectivity index (χ2v) is 7.47. The average Bonchev–Trinajstić information content (AvgIpc) is 3.08. The molecule has 4 rings (SSSR count). The molecule has 0 bridgehead atoms. The summed E-state index contributed by atoms with van der Waals surface area (Å²) in [6.45, 7) is 3.32. The first-order valence-electron chi connectivity index (χ1n) is 8.95. The first kappa shape index (κ1) is 18.0. The third-order valence-electron chi connectivity index (χ3n) is 5.40. The van der Waals surface area contributed by atoms with Gasteiger partial charge in [-0.25, -0.2) is 0 Å². The Bertz CT molecular complexity index is 870. The van der Waals surface area contributed by atoms with E-state index in [0.717, 1.165) is 5.56 Å². The van der Waals surface area contributed by atoms with Crippen LogP contribution in [0.3, 0.4) is 0 Å². The molecule has 3 atom stereocenters. The van der Waals surface area contributed by atoms with Crippen molar-refractivity contribution in [1.29, 1.82) is 0 Å². The Morgan fingerprint density at radius 2 is 1.89 bits per heavy atom. The van der Waals surface area contributed by atoms with Gasteiger partial charge in [-0.2, -0.15) is 5.10 Å². The summed E-state index contributed by atoms with van der Waals surface area (Å²) >= 11 is 5.97. The van der Waals surface area contributed by atoms with E-state index in [1.54, 1.807) is 16.8 Å². The van der Waals surface area contributed by atoms with Gasteiger partial charge in [-0.15, -0.1) is 0 Å². The number of benzene rings is 1. The molecule has 1 saturated heterocycles. The molecule has 0 spiro atoms. The fraction of sp³-hybridized carbons (Fsp3) is 0.421. The maximum Gasteiger partial charge on any atom is 0.271 e. The molecule has 2 fully saturated rings. The van der Waals surface area contributed by atoms with E-state index < -0.39 is 0 Å². The minimum absolute atomic E-state index is 0.142. The molecule has 2 N–H and O–H groups in total. The third kappa shape index (κ3) is 3.33. The predicted octanol–water partition coefficient (Wildman–Crippen LogP) is 1.88. The summed E-state index contributed by atoms with van der Waals surface area (Å²) in [5.41, 5.74) is 1.52. The number of nitrogens with one attached hydrogen (secondary N) is 2. The summed E-state index contributed by atoms with van der Waals surface area (Å²) in [5, 5.41) is 10.6. The number of halogens is 1. The van der Waals surface area contributed by atoms with Crippen molar-refractivity contribution in [1.82, 2.24) is 20.4 Å². The average molecular weight is 389 g/mol. The van der Waals surface area contributed by atoms with E-state index in [0.29, 0.717) is 35.8 Å². The van der Waals surface area contributed by atoms with Crippen molar-refractivity contribution < 1.29 is 14.3 Å². The Labute approximate surface area is 162 Å². The molecular weight excluding hydrogens is 368 g/mol. The van der Waals surface area contributed by atoms with Crippen LogP contribution in [0.4, 0.5) is 0 Å². The van der Waals surface area contributed by atoms with Crippen molar-refractivity contribution in [2.24, 2.45) is 11.8 Å². The number of hydrogen-bond donors (Lipinski definition) is 2. The molecule has 0 radical (unpaired) electrons. The zero-order valence-electron chi connectivity index (χ0n) is 15.1. The van der Waals surface area contributed by atoms with E-state index in [-0.39, 0.29) is 29.6 Å². The molecule has 2 aromatic rings. The summed E-state index contributed by atoms with van der Waals surface area (Å²) in [5.74, 6) is 0.246. The topological polar surface area (TPSA) is 85.3 Å². The quantitative estimate of drug-likeness (QED) is 0.819. The number of aromatic nitrogens is 2. The molecule has 142 valence electrons. The van der Waals surface area contributed by atoms with Gasteiger partial charge < -0.3 is 15.4 Å². The molecule has 8 heteroatoms. The highest BCUT2D eigenvalue weighted by Gasteiger charge is 2.55. The van der Waals surface area contributed by atoms with Crippen LogP contribution in [0.1, 0.15) is 39.5 Å². The van der Waals surface area contributed by atoms with Gasteiger partial charge in [-0.1, -0.05) is 23.7 Å². The van der Waals surface area contributed by atoms with Crippen LogP contribution >= 0.6 is 11.6 Å². The molecule has 2 aliphatic rings. The smallest absolute Gasteiger partial charge is 0.271 e. The predicted molar refractivity (Wildman–Crippen MR) is 99.9 cm³/mol. The van der Waals surface area contributed by atoms with Crippen LogP contribution in [0.2, 0.25) is 5.02 Å². The van der Waals surface area contributed by atoms with Crippen LogP contribution in [-0.2, 0) is 4.74 Å². The van der Waals surface area contributed by atoms with Crippen LogP contribution in [0.15, 0.2) is 30.3 Å². The van der Waals surface area contributed by atoms with Gasteiger partial charge in [0.15, 0.2) is 5.69 Å². The van der Waals surface area contributed by atoms with Gasteiger partial charge in [0, 0.05) is 36.0 Å². The summed E-state index contributed by atoms with van der Waals surface area (Å²) in [4.78, 5) is 24.9. The zero-order chi connectivity index (χ0) is 19.1. The number of nitrogens with zero attached hydrogens (tertiary/aromatic N) is 2. The van der Waals surface area contributed by atoms with Crippen LogP contribution in [0.5, 0.6) is 0 Å². The molecule has 1 aromatic heterocycles. The Hall–Kier alpha value is -2.38. The normalized spacial score (nSPS) is 24.2. The zero-order valence-corrected chi connectivity index (χ0v) is 15.9. The molecule has 3 unspecified atom stereocenters. The van der Waals surface area contributed by atoms with Crippen LogP contribution in [0, 0.1) is 11.8 Å². The maximum absolute atomic E-state index is 12.9. The highest BCUT2D eigenvalue weighted by Crippen LogP contribution is 2.44. The minimum Gasteiger partial charge on any atom is -0.381 e. The highest BCUT2D eigenvalue weighted by molar-refractivity contribution is 6.30. The number of carbonyl (C=O) groups is 2. The Morgan fingerprint density at radius 1 is 1.22 bits per heavy atom. The molecule has 1 aliphatic heterocycles. The second kappa shape index (κ2) is 6.98. The number of fused-ring (bicyclic) bond motifs is 1. The summed E-state index contributed by atoms with van der Waals surface area (Å²) in [6.07, 6.45) is 0. The first-order valence-corrected chi connectivity index (χ1v) is 9.33. The molecular formula is C19H21ClN4O3. The number of amides is 2. The molecule has 7 nitrogen and oxygen atoms in total. The Kier molecular flexibility index (Phi) is 4.65. The van der Waals surface area contributed by atoms with E-state index in [9.17, 15) is 9.59 Å². The van der Waals surface area contributed by atoms with Crippen molar-refractivity contribution >= 4 is 23.4 Å². The lowest BCUT2D eigenvalue weighted by atomic mass is 10.1. The Balaban J connectivity index is 1.62. The fourth-order valence-electron chi connectivity index (χ4n) is 3.66. The third-order valence-corrected chi connectivity index (χ3v) is 5.65. The van der Waals surface area contributed by atoms with Gasteiger partial charge in [0.2, 0.25) is 0 Å². The van der Waals surface area contributed by atoms with Gasteiger partial charge in [0.25, 0.3) is 11.8 Å². The fourth-order valence-corrected chi connectivity index (χ4v) is 3.79. The Morgan fingerprint density at radius 3 is 2.52 bits per heavy atom. The number of hydrogen-bond acceptors (Lipinski definition) is 4. The molecule has 1 aliphatic carbocycles. The molecule has 1 aromatic carbocycles. The van der Waals surface area contributed by atoms with Crippen molar-refractivity contribution in [3.05, 3.63) is 52.3 Å². The highest BCUT2D eigenvalue weighted by atomic mass is 35.5. The lowest BCUT2D eigenvalue weighted by Gasteiger charge is -2.16. The lowest BCUT2D eigenvalue weighted by Crippen LogP contribution is -2.32.